The zero-order valence-electron chi connectivity index (χ0n) is 11.7. The first kappa shape index (κ1) is 17.2. The number of hydrogen-bond donors (Lipinski definition) is 3. The van der Waals surface area contributed by atoms with Crippen molar-refractivity contribution in [2.24, 2.45) is 5.41 Å². The highest BCUT2D eigenvalue weighted by Gasteiger charge is 2.27. The molecule has 0 aliphatic heterocycles. The summed E-state index contributed by atoms with van der Waals surface area (Å²) in [7, 11) is -3.66. The molecule has 1 aromatic rings. The van der Waals surface area contributed by atoms with E-state index in [2.05, 4.69) is 4.72 Å². The number of nitrogen functional groups attached to an aromatic ring is 1. The molecule has 114 valence electrons. The molecule has 0 amide bonds. The number of hydrogen-bond acceptors (Lipinski definition) is 4. The zero-order chi connectivity index (χ0) is 15.4. The van der Waals surface area contributed by atoms with Crippen LogP contribution in [0.2, 0.25) is 5.02 Å². The van der Waals surface area contributed by atoms with Gasteiger partial charge in [0, 0.05) is 18.6 Å². The minimum absolute atomic E-state index is 0.0642. The predicted octanol–water partition coefficient (Wildman–Crippen LogP) is 2.00. The van der Waals surface area contributed by atoms with Crippen molar-refractivity contribution in [2.75, 3.05) is 18.9 Å². The van der Waals surface area contributed by atoms with Crippen LogP contribution >= 0.6 is 11.6 Å². The lowest BCUT2D eigenvalue weighted by atomic mass is 9.84. The molecule has 0 radical (unpaired) electrons. The highest BCUT2D eigenvalue weighted by Crippen LogP contribution is 2.26. The number of aliphatic hydroxyl groups is 1. The molecule has 4 N–H and O–H groups in total. The molecule has 0 heterocycles. The van der Waals surface area contributed by atoms with Crippen molar-refractivity contribution < 1.29 is 13.5 Å². The van der Waals surface area contributed by atoms with Gasteiger partial charge in [0.1, 0.15) is 0 Å². The summed E-state index contributed by atoms with van der Waals surface area (Å²) in [4.78, 5) is 0.0680. The van der Waals surface area contributed by atoms with Crippen molar-refractivity contribution in [3.05, 3.63) is 23.2 Å². The first-order chi connectivity index (χ1) is 9.30. The average molecular weight is 321 g/mol. The maximum Gasteiger partial charge on any atom is 0.240 e. The third kappa shape index (κ3) is 3.85. The lowest BCUT2D eigenvalue weighted by molar-refractivity contribution is 0.119. The third-order valence-corrected chi connectivity index (χ3v) is 5.49. The van der Waals surface area contributed by atoms with E-state index < -0.39 is 15.4 Å². The lowest BCUT2D eigenvalue weighted by Crippen LogP contribution is -2.39. The number of rotatable bonds is 7. The summed E-state index contributed by atoms with van der Waals surface area (Å²) < 4.78 is 26.9. The van der Waals surface area contributed by atoms with Gasteiger partial charge in [0.25, 0.3) is 0 Å². The third-order valence-electron chi connectivity index (χ3n) is 3.75. The Hall–Kier alpha value is -0.820. The Kier molecular flexibility index (Phi) is 5.82. The second-order valence-electron chi connectivity index (χ2n) is 4.87. The number of benzene rings is 1. The predicted molar refractivity (Wildman–Crippen MR) is 81.2 cm³/mol. The van der Waals surface area contributed by atoms with Crippen molar-refractivity contribution in [1.82, 2.24) is 4.72 Å². The highest BCUT2D eigenvalue weighted by molar-refractivity contribution is 7.89. The summed E-state index contributed by atoms with van der Waals surface area (Å²) in [5.74, 6) is 0. The van der Waals surface area contributed by atoms with Crippen LogP contribution in [-0.2, 0) is 10.0 Å². The Morgan fingerprint density at radius 2 is 1.95 bits per heavy atom. The van der Waals surface area contributed by atoms with Crippen LogP contribution in [0.1, 0.15) is 26.7 Å². The molecule has 0 aromatic heterocycles. The molecule has 0 bridgehead atoms. The molecule has 1 rings (SSSR count). The van der Waals surface area contributed by atoms with Crippen molar-refractivity contribution >= 4 is 27.3 Å². The van der Waals surface area contributed by atoms with Gasteiger partial charge < -0.3 is 10.8 Å². The molecule has 1 aromatic carbocycles. The van der Waals surface area contributed by atoms with Gasteiger partial charge in [0.15, 0.2) is 0 Å². The summed E-state index contributed by atoms with van der Waals surface area (Å²) in [6, 6.07) is 4.17. The van der Waals surface area contributed by atoms with E-state index in [-0.39, 0.29) is 23.7 Å². The molecule has 0 atom stereocenters. The second-order valence-corrected chi connectivity index (χ2v) is 7.05. The monoisotopic (exact) mass is 320 g/mol. The molecule has 20 heavy (non-hydrogen) atoms. The summed E-state index contributed by atoms with van der Waals surface area (Å²) in [5.41, 5.74) is 5.39. The van der Waals surface area contributed by atoms with E-state index in [1.165, 1.54) is 18.2 Å². The van der Waals surface area contributed by atoms with Crippen LogP contribution < -0.4 is 10.5 Å². The van der Waals surface area contributed by atoms with E-state index in [0.29, 0.717) is 17.9 Å². The number of halogens is 1. The van der Waals surface area contributed by atoms with Gasteiger partial charge in [-0.05, 0) is 31.0 Å². The SMILES string of the molecule is CCC(CC)(CO)CNS(=O)(=O)c1ccc(Cl)c(N)c1. The standard InChI is InChI=1S/C13H21ClN2O3S/c1-3-13(4-2,9-17)8-16-20(18,19)10-5-6-11(14)12(15)7-10/h5-7,16-17H,3-4,8-9,15H2,1-2H3. The first-order valence-electron chi connectivity index (χ1n) is 6.46. The van der Waals surface area contributed by atoms with Gasteiger partial charge in [-0.2, -0.15) is 0 Å². The van der Waals surface area contributed by atoms with Gasteiger partial charge in [0.2, 0.25) is 10.0 Å². The summed E-state index contributed by atoms with van der Waals surface area (Å²) in [5, 5.41) is 9.77. The van der Waals surface area contributed by atoms with Crippen LogP contribution in [0.25, 0.3) is 0 Å². The molecule has 0 saturated carbocycles. The molecule has 0 aliphatic rings. The number of sulfonamides is 1. The van der Waals surface area contributed by atoms with Crippen LogP contribution in [0.3, 0.4) is 0 Å². The van der Waals surface area contributed by atoms with E-state index in [4.69, 9.17) is 17.3 Å². The molecule has 5 nitrogen and oxygen atoms in total. The number of aliphatic hydroxyl groups excluding tert-OH is 1. The topological polar surface area (TPSA) is 92.4 Å². The fourth-order valence-corrected chi connectivity index (χ4v) is 3.11. The first-order valence-corrected chi connectivity index (χ1v) is 8.32. The Labute approximate surface area is 125 Å². The van der Waals surface area contributed by atoms with Crippen molar-refractivity contribution in [3.63, 3.8) is 0 Å². The van der Waals surface area contributed by atoms with Gasteiger partial charge in [0.05, 0.1) is 15.6 Å². The molecule has 0 unspecified atom stereocenters. The summed E-state index contributed by atoms with van der Waals surface area (Å²) in [6.07, 6.45) is 1.37. The van der Waals surface area contributed by atoms with Gasteiger partial charge in [-0.15, -0.1) is 0 Å². The van der Waals surface area contributed by atoms with E-state index in [1.54, 1.807) is 0 Å². The largest absolute Gasteiger partial charge is 0.397 e. The Morgan fingerprint density at radius 1 is 1.35 bits per heavy atom. The molecule has 7 heteroatoms. The minimum Gasteiger partial charge on any atom is -0.397 e. The highest BCUT2D eigenvalue weighted by atomic mass is 35.5. The van der Waals surface area contributed by atoms with Crippen LogP contribution in [0.15, 0.2) is 23.1 Å². The van der Waals surface area contributed by atoms with Crippen molar-refractivity contribution in [1.29, 1.82) is 0 Å². The molecular formula is C13H21ClN2O3S. The average Bonchev–Trinajstić information content (AvgIpc) is 2.44. The smallest absolute Gasteiger partial charge is 0.240 e. The van der Waals surface area contributed by atoms with Crippen LogP contribution in [0.5, 0.6) is 0 Å². The number of nitrogens with one attached hydrogen (secondary N) is 1. The van der Waals surface area contributed by atoms with Crippen molar-refractivity contribution in [2.45, 2.75) is 31.6 Å². The van der Waals surface area contributed by atoms with Crippen molar-refractivity contribution in [3.8, 4) is 0 Å². The Balaban J connectivity index is 2.92. The van der Waals surface area contributed by atoms with Gasteiger partial charge in [-0.1, -0.05) is 25.4 Å². The molecular weight excluding hydrogens is 300 g/mol. The zero-order valence-corrected chi connectivity index (χ0v) is 13.3. The van der Waals surface area contributed by atoms with E-state index in [0.717, 1.165) is 0 Å². The lowest BCUT2D eigenvalue weighted by Gasteiger charge is -2.29. The normalized spacial score (nSPS) is 12.6. The number of nitrogens with two attached hydrogens (primary N) is 1. The van der Waals surface area contributed by atoms with Crippen LogP contribution in [0.4, 0.5) is 5.69 Å². The quantitative estimate of drug-likeness (QED) is 0.670. The summed E-state index contributed by atoms with van der Waals surface area (Å²) in [6.45, 7) is 3.97. The van der Waals surface area contributed by atoms with Crippen LogP contribution in [-0.4, -0.2) is 26.7 Å². The molecule has 0 fully saturated rings. The van der Waals surface area contributed by atoms with Gasteiger partial charge >= 0.3 is 0 Å². The minimum atomic E-state index is -3.66. The Morgan fingerprint density at radius 3 is 2.40 bits per heavy atom. The second kappa shape index (κ2) is 6.76. The van der Waals surface area contributed by atoms with Gasteiger partial charge in [-0.25, -0.2) is 13.1 Å². The molecule has 0 saturated heterocycles. The molecule has 0 aliphatic carbocycles. The fourth-order valence-electron chi connectivity index (χ4n) is 1.80. The summed E-state index contributed by atoms with van der Waals surface area (Å²) >= 11 is 5.77. The Bertz CT molecular complexity index is 548. The maximum absolute atomic E-state index is 12.2. The van der Waals surface area contributed by atoms with Gasteiger partial charge in [-0.3, -0.25) is 0 Å². The fraction of sp³-hybridized carbons (Fsp3) is 0.538. The van der Waals surface area contributed by atoms with Crippen LogP contribution in [0, 0.1) is 5.41 Å². The molecule has 0 spiro atoms. The maximum atomic E-state index is 12.2. The van der Waals surface area contributed by atoms with E-state index in [1.807, 2.05) is 13.8 Å². The van der Waals surface area contributed by atoms with E-state index >= 15 is 0 Å². The number of anilines is 1. The van der Waals surface area contributed by atoms with E-state index in [9.17, 15) is 13.5 Å².